The van der Waals surface area contributed by atoms with E-state index in [4.69, 9.17) is 0 Å². The van der Waals surface area contributed by atoms with Crippen LogP contribution in [0.25, 0.3) is 0 Å². The average Bonchev–Trinajstić information content (AvgIpc) is 3.32. The first-order chi connectivity index (χ1) is 13.7. The smallest absolute Gasteiger partial charge is 0.261 e. The summed E-state index contributed by atoms with van der Waals surface area (Å²) < 4.78 is 1.90. The first-order valence-electron chi connectivity index (χ1n) is 9.58. The summed E-state index contributed by atoms with van der Waals surface area (Å²) in [6.45, 7) is 2.82. The zero-order valence-corrected chi connectivity index (χ0v) is 16.1. The van der Waals surface area contributed by atoms with Crippen LogP contribution in [0, 0.1) is 0 Å². The molecule has 8 heteroatoms. The Morgan fingerprint density at radius 2 is 1.64 bits per heavy atom. The Bertz CT molecular complexity index is 796. The van der Waals surface area contributed by atoms with E-state index < -0.39 is 0 Å². The van der Waals surface area contributed by atoms with Crippen LogP contribution in [0.3, 0.4) is 0 Å². The molecule has 0 spiro atoms. The van der Waals surface area contributed by atoms with Crippen molar-refractivity contribution in [3.8, 4) is 0 Å². The van der Waals surface area contributed by atoms with Crippen molar-refractivity contribution >= 4 is 17.8 Å². The first kappa shape index (κ1) is 19.6. The Hall–Kier alpha value is -3.16. The number of aromatic nitrogens is 2. The lowest BCUT2D eigenvalue weighted by molar-refractivity contribution is 0.0652. The Morgan fingerprint density at radius 3 is 2.25 bits per heavy atom. The van der Waals surface area contributed by atoms with E-state index in [0.717, 1.165) is 44.9 Å². The van der Waals surface area contributed by atoms with Gasteiger partial charge >= 0.3 is 0 Å². The van der Waals surface area contributed by atoms with E-state index in [1.807, 2.05) is 16.9 Å². The second kappa shape index (κ2) is 9.68. The number of benzene rings is 1. The maximum Gasteiger partial charge on any atom is 0.261 e. The van der Waals surface area contributed by atoms with Gasteiger partial charge in [-0.2, -0.15) is 5.10 Å². The molecule has 0 radical (unpaired) electrons. The number of nitrogens with zero attached hydrogens (tertiary/aromatic N) is 4. The summed E-state index contributed by atoms with van der Waals surface area (Å²) >= 11 is 0. The van der Waals surface area contributed by atoms with E-state index in [0.29, 0.717) is 17.7 Å². The predicted molar refractivity (Wildman–Crippen MR) is 107 cm³/mol. The van der Waals surface area contributed by atoms with Crippen LogP contribution in [0.5, 0.6) is 0 Å². The van der Waals surface area contributed by atoms with Gasteiger partial charge in [-0.25, -0.2) is 0 Å². The molecule has 8 nitrogen and oxygen atoms in total. The summed E-state index contributed by atoms with van der Waals surface area (Å²) in [5.41, 5.74) is 1.01. The molecule has 0 aliphatic carbocycles. The molecule has 2 N–H and O–H groups in total. The van der Waals surface area contributed by atoms with E-state index >= 15 is 0 Å². The number of rotatable bonds is 9. The summed E-state index contributed by atoms with van der Waals surface area (Å²) in [5.74, 6) is 0.368. The van der Waals surface area contributed by atoms with E-state index in [9.17, 15) is 9.59 Å². The standard InChI is InChI=1S/C20H26N6O2/c1-21-20(23-11-6-13-25-14-7-12-24-25)22-10-4-5-15-26-18(27)16-8-2-3-9-17(16)19(26)28/h2-3,7-9,12,14H,4-6,10-11,13,15H2,1H3,(H2,21,22,23). The lowest BCUT2D eigenvalue weighted by Crippen LogP contribution is -2.38. The van der Waals surface area contributed by atoms with Crippen LogP contribution in [0.15, 0.2) is 47.7 Å². The highest BCUT2D eigenvalue weighted by molar-refractivity contribution is 6.21. The largest absolute Gasteiger partial charge is 0.356 e. The summed E-state index contributed by atoms with van der Waals surface area (Å²) in [5, 5.41) is 10.7. The van der Waals surface area contributed by atoms with Crippen LogP contribution in [0.1, 0.15) is 40.0 Å². The summed E-state index contributed by atoms with van der Waals surface area (Å²) in [4.78, 5) is 30.2. The van der Waals surface area contributed by atoms with E-state index in [1.54, 1.807) is 37.5 Å². The van der Waals surface area contributed by atoms with Gasteiger partial charge in [0.05, 0.1) is 11.1 Å². The SMILES string of the molecule is CN=C(NCCCCN1C(=O)c2ccccc2C1=O)NCCCn1cccn1. The Morgan fingerprint density at radius 1 is 0.964 bits per heavy atom. The molecule has 0 bridgehead atoms. The monoisotopic (exact) mass is 382 g/mol. The van der Waals surface area contributed by atoms with Crippen LogP contribution in [0.4, 0.5) is 0 Å². The summed E-state index contributed by atoms with van der Waals surface area (Å²) in [7, 11) is 1.74. The minimum atomic E-state index is -0.191. The zero-order chi connectivity index (χ0) is 19.8. The molecule has 0 unspecified atom stereocenters. The molecule has 0 saturated carbocycles. The second-order valence-corrected chi connectivity index (χ2v) is 6.56. The lowest BCUT2D eigenvalue weighted by atomic mass is 10.1. The van der Waals surface area contributed by atoms with Gasteiger partial charge in [0.1, 0.15) is 0 Å². The third-order valence-corrected chi connectivity index (χ3v) is 4.62. The normalized spacial score (nSPS) is 13.8. The summed E-state index contributed by atoms with van der Waals surface area (Å²) in [6, 6.07) is 8.89. The third kappa shape index (κ3) is 4.76. The lowest BCUT2D eigenvalue weighted by Gasteiger charge is -2.15. The Balaban J connectivity index is 1.31. The number of aryl methyl sites for hydroxylation is 1. The van der Waals surface area contributed by atoms with Crippen molar-refractivity contribution in [1.82, 2.24) is 25.3 Å². The number of fused-ring (bicyclic) bond motifs is 1. The van der Waals surface area contributed by atoms with Crippen molar-refractivity contribution in [1.29, 1.82) is 0 Å². The number of aliphatic imine (C=N–C) groups is 1. The van der Waals surface area contributed by atoms with Gasteiger partial charge < -0.3 is 10.6 Å². The number of carbonyl (C=O) groups is 2. The van der Waals surface area contributed by atoms with E-state index in [-0.39, 0.29) is 11.8 Å². The van der Waals surface area contributed by atoms with Crippen LogP contribution in [-0.2, 0) is 6.54 Å². The predicted octanol–water partition coefficient (Wildman–Crippen LogP) is 1.51. The van der Waals surface area contributed by atoms with Gasteiger partial charge in [0, 0.05) is 45.6 Å². The molecule has 2 aromatic rings. The molecule has 148 valence electrons. The molecule has 3 rings (SSSR count). The van der Waals surface area contributed by atoms with Crippen LogP contribution < -0.4 is 10.6 Å². The van der Waals surface area contributed by atoms with Crippen molar-refractivity contribution in [2.24, 2.45) is 4.99 Å². The van der Waals surface area contributed by atoms with Crippen molar-refractivity contribution < 1.29 is 9.59 Å². The molecular weight excluding hydrogens is 356 g/mol. The minimum Gasteiger partial charge on any atom is -0.356 e. The van der Waals surface area contributed by atoms with Gasteiger partial charge in [-0.3, -0.25) is 24.2 Å². The van der Waals surface area contributed by atoms with Crippen LogP contribution in [0.2, 0.25) is 0 Å². The van der Waals surface area contributed by atoms with E-state index in [2.05, 4.69) is 20.7 Å². The highest BCUT2D eigenvalue weighted by Crippen LogP contribution is 2.22. The fraction of sp³-hybridized carbons (Fsp3) is 0.400. The molecular formula is C20H26N6O2. The molecule has 1 aliphatic rings. The molecule has 1 aromatic heterocycles. The van der Waals surface area contributed by atoms with Crippen molar-refractivity contribution in [2.75, 3.05) is 26.7 Å². The van der Waals surface area contributed by atoms with E-state index in [1.165, 1.54) is 4.90 Å². The maximum absolute atomic E-state index is 12.3. The number of hydrogen-bond donors (Lipinski definition) is 2. The highest BCUT2D eigenvalue weighted by atomic mass is 16.2. The van der Waals surface area contributed by atoms with Gasteiger partial charge in [0.15, 0.2) is 5.96 Å². The fourth-order valence-electron chi connectivity index (χ4n) is 3.15. The number of carbonyl (C=O) groups excluding carboxylic acids is 2. The number of hydrogen-bond acceptors (Lipinski definition) is 4. The third-order valence-electron chi connectivity index (χ3n) is 4.62. The van der Waals surface area contributed by atoms with Gasteiger partial charge in [0.2, 0.25) is 0 Å². The molecule has 1 aliphatic heterocycles. The quantitative estimate of drug-likeness (QED) is 0.297. The number of imide groups is 1. The fourth-order valence-corrected chi connectivity index (χ4v) is 3.15. The average molecular weight is 382 g/mol. The van der Waals surface area contributed by atoms with Crippen molar-refractivity contribution in [2.45, 2.75) is 25.8 Å². The molecule has 2 amide bonds. The van der Waals surface area contributed by atoms with Crippen molar-refractivity contribution in [3.63, 3.8) is 0 Å². The van der Waals surface area contributed by atoms with Crippen LogP contribution >= 0.6 is 0 Å². The highest BCUT2D eigenvalue weighted by Gasteiger charge is 2.34. The maximum atomic E-state index is 12.3. The molecule has 0 atom stereocenters. The molecule has 1 aromatic carbocycles. The Labute approximate surface area is 164 Å². The first-order valence-corrected chi connectivity index (χ1v) is 9.58. The van der Waals surface area contributed by atoms with Crippen molar-refractivity contribution in [3.05, 3.63) is 53.9 Å². The molecule has 0 fully saturated rings. The molecule has 28 heavy (non-hydrogen) atoms. The Kier molecular flexibility index (Phi) is 6.78. The van der Waals surface area contributed by atoms with Gasteiger partial charge in [-0.1, -0.05) is 12.1 Å². The number of unbranched alkanes of at least 4 members (excludes halogenated alkanes) is 1. The van der Waals surface area contributed by atoms with Crippen LogP contribution in [-0.4, -0.2) is 59.1 Å². The minimum absolute atomic E-state index is 0.191. The van der Waals surface area contributed by atoms with Gasteiger partial charge in [-0.05, 0) is 37.5 Å². The molecule has 0 saturated heterocycles. The number of guanidine groups is 1. The van der Waals surface area contributed by atoms with Gasteiger partial charge in [-0.15, -0.1) is 0 Å². The summed E-state index contributed by atoms with van der Waals surface area (Å²) in [6.07, 6.45) is 6.25. The number of nitrogens with one attached hydrogen (secondary N) is 2. The zero-order valence-electron chi connectivity index (χ0n) is 16.1. The number of amides is 2. The molecule has 2 heterocycles. The second-order valence-electron chi connectivity index (χ2n) is 6.56. The van der Waals surface area contributed by atoms with Gasteiger partial charge in [0.25, 0.3) is 11.8 Å². The topological polar surface area (TPSA) is 91.6 Å².